The van der Waals surface area contributed by atoms with E-state index in [0.717, 1.165) is 0 Å². The third-order valence-electron chi connectivity index (χ3n) is 3.31. The molecule has 0 aliphatic heterocycles. The summed E-state index contributed by atoms with van der Waals surface area (Å²) in [6.07, 6.45) is 6.77. The Morgan fingerprint density at radius 3 is 1.71 bits per heavy atom. The summed E-state index contributed by atoms with van der Waals surface area (Å²) in [4.78, 5) is 45.6. The van der Waals surface area contributed by atoms with Crippen LogP contribution >= 0.6 is 0 Å². The fourth-order valence-corrected chi connectivity index (χ4v) is 2.32. The lowest BCUT2D eigenvalue weighted by molar-refractivity contribution is 0.0977. The van der Waals surface area contributed by atoms with Crippen molar-refractivity contribution in [1.82, 2.24) is 29.9 Å². The Labute approximate surface area is 135 Å². The van der Waals surface area contributed by atoms with E-state index in [1.807, 2.05) is 0 Å². The fraction of sp³-hybridized carbons (Fsp3) is 0.143. The van der Waals surface area contributed by atoms with Crippen LogP contribution in [0.15, 0.2) is 24.8 Å². The standard InChI is InChI=1S/C14H14N8O2/c15-12(23)11-7(5-9-17-1-2-18-9)21-14(13(16)24)22-8(11)6-10-19-3-4-20-10/h1-4H,5-6H2,(H2,15,23)(H2,16,24)(H,17,18)(H,19,20). The molecule has 0 unspecified atom stereocenters. The largest absolute Gasteiger partial charge is 0.365 e. The fourth-order valence-electron chi connectivity index (χ4n) is 2.32. The van der Waals surface area contributed by atoms with Gasteiger partial charge in [0, 0.05) is 37.6 Å². The highest BCUT2D eigenvalue weighted by Gasteiger charge is 2.22. The molecule has 10 heteroatoms. The predicted octanol–water partition coefficient (Wildman–Crippen LogP) is -0.698. The third kappa shape index (κ3) is 3.11. The minimum atomic E-state index is -0.799. The Morgan fingerprint density at radius 1 is 0.875 bits per heavy atom. The summed E-state index contributed by atoms with van der Waals surface area (Å²) in [7, 11) is 0. The Balaban J connectivity index is 2.12. The molecule has 0 radical (unpaired) electrons. The summed E-state index contributed by atoms with van der Waals surface area (Å²) in [6, 6.07) is 0. The zero-order valence-electron chi connectivity index (χ0n) is 12.5. The molecule has 0 aromatic carbocycles. The van der Waals surface area contributed by atoms with Gasteiger partial charge in [-0.15, -0.1) is 0 Å². The van der Waals surface area contributed by atoms with Crippen molar-refractivity contribution >= 4 is 11.8 Å². The van der Waals surface area contributed by atoms with Gasteiger partial charge in [-0.1, -0.05) is 0 Å². The van der Waals surface area contributed by atoms with Gasteiger partial charge in [0.2, 0.25) is 5.82 Å². The number of nitrogens with two attached hydrogens (primary N) is 2. The highest BCUT2D eigenvalue weighted by atomic mass is 16.1. The molecule has 0 saturated heterocycles. The summed E-state index contributed by atoms with van der Waals surface area (Å²) in [5.41, 5.74) is 11.5. The summed E-state index contributed by atoms with van der Waals surface area (Å²) in [6.45, 7) is 0. The summed E-state index contributed by atoms with van der Waals surface area (Å²) in [5, 5.41) is 0. The first-order valence-corrected chi connectivity index (χ1v) is 7.00. The van der Waals surface area contributed by atoms with Crippen molar-refractivity contribution in [3.63, 3.8) is 0 Å². The van der Waals surface area contributed by atoms with Gasteiger partial charge in [-0.2, -0.15) is 0 Å². The molecular weight excluding hydrogens is 312 g/mol. The molecule has 10 nitrogen and oxygen atoms in total. The van der Waals surface area contributed by atoms with Crippen LogP contribution in [0.3, 0.4) is 0 Å². The molecule has 0 bridgehead atoms. The molecule has 122 valence electrons. The Kier molecular flexibility index (Phi) is 4.01. The lowest BCUT2D eigenvalue weighted by Gasteiger charge is -2.11. The maximum Gasteiger partial charge on any atom is 0.286 e. The van der Waals surface area contributed by atoms with E-state index < -0.39 is 11.8 Å². The van der Waals surface area contributed by atoms with Gasteiger partial charge < -0.3 is 21.4 Å². The van der Waals surface area contributed by atoms with Crippen LogP contribution < -0.4 is 11.5 Å². The van der Waals surface area contributed by atoms with Crippen molar-refractivity contribution < 1.29 is 9.59 Å². The van der Waals surface area contributed by atoms with Gasteiger partial charge in [-0.3, -0.25) is 9.59 Å². The van der Waals surface area contributed by atoms with E-state index >= 15 is 0 Å². The van der Waals surface area contributed by atoms with Crippen LogP contribution in [0.2, 0.25) is 0 Å². The number of nitrogens with one attached hydrogen (secondary N) is 2. The van der Waals surface area contributed by atoms with Crippen LogP contribution in [0, 0.1) is 0 Å². The second-order valence-corrected chi connectivity index (χ2v) is 4.97. The number of aromatic amines is 2. The smallest absolute Gasteiger partial charge is 0.286 e. The number of hydrogen-bond acceptors (Lipinski definition) is 6. The first kappa shape index (κ1) is 15.3. The van der Waals surface area contributed by atoms with E-state index in [2.05, 4.69) is 29.9 Å². The van der Waals surface area contributed by atoms with E-state index in [4.69, 9.17) is 11.5 Å². The minimum Gasteiger partial charge on any atom is -0.365 e. The average molecular weight is 326 g/mol. The molecule has 2 amide bonds. The molecule has 0 aliphatic rings. The maximum atomic E-state index is 11.9. The van der Waals surface area contributed by atoms with Crippen molar-refractivity contribution in [2.45, 2.75) is 12.8 Å². The lowest BCUT2D eigenvalue weighted by Crippen LogP contribution is -2.24. The van der Waals surface area contributed by atoms with Gasteiger partial charge in [0.05, 0.1) is 17.0 Å². The van der Waals surface area contributed by atoms with Crippen molar-refractivity contribution in [3.8, 4) is 0 Å². The van der Waals surface area contributed by atoms with Gasteiger partial charge in [-0.05, 0) is 0 Å². The van der Waals surface area contributed by atoms with Gasteiger partial charge in [0.25, 0.3) is 11.8 Å². The zero-order chi connectivity index (χ0) is 17.1. The highest BCUT2D eigenvalue weighted by Crippen LogP contribution is 2.16. The van der Waals surface area contributed by atoms with Gasteiger partial charge in [0.1, 0.15) is 11.6 Å². The average Bonchev–Trinajstić information content (AvgIpc) is 3.20. The third-order valence-corrected chi connectivity index (χ3v) is 3.31. The molecular formula is C14H14N8O2. The van der Waals surface area contributed by atoms with Crippen LogP contribution in [-0.2, 0) is 12.8 Å². The number of hydrogen-bond donors (Lipinski definition) is 4. The number of primary amides is 2. The number of nitrogens with zero attached hydrogens (tertiary/aromatic N) is 4. The van der Waals surface area contributed by atoms with Crippen LogP contribution in [0.1, 0.15) is 44.0 Å². The van der Waals surface area contributed by atoms with Gasteiger partial charge in [-0.25, -0.2) is 19.9 Å². The van der Waals surface area contributed by atoms with E-state index in [1.165, 1.54) is 0 Å². The van der Waals surface area contributed by atoms with Crippen molar-refractivity contribution in [1.29, 1.82) is 0 Å². The number of carbonyl (C=O) groups excluding carboxylic acids is 2. The second kappa shape index (κ2) is 6.28. The first-order valence-electron chi connectivity index (χ1n) is 7.00. The van der Waals surface area contributed by atoms with Crippen LogP contribution in [0.4, 0.5) is 0 Å². The number of imidazole rings is 2. The SMILES string of the molecule is NC(=O)c1nc(Cc2ncc[nH]2)c(C(N)=O)c(Cc2ncc[nH]2)n1. The molecule has 0 fully saturated rings. The number of amides is 2. The normalized spacial score (nSPS) is 10.7. The quantitative estimate of drug-likeness (QED) is 0.467. The summed E-state index contributed by atoms with van der Waals surface area (Å²) >= 11 is 0. The minimum absolute atomic E-state index is 0.132. The van der Waals surface area contributed by atoms with E-state index in [-0.39, 0.29) is 35.6 Å². The Hall–Kier alpha value is -3.56. The molecule has 0 spiro atoms. The van der Waals surface area contributed by atoms with Gasteiger partial charge in [0.15, 0.2) is 0 Å². The van der Waals surface area contributed by atoms with Crippen molar-refractivity contribution in [3.05, 3.63) is 59.2 Å². The van der Waals surface area contributed by atoms with E-state index in [1.54, 1.807) is 24.8 Å². The highest BCUT2D eigenvalue weighted by molar-refractivity contribution is 5.96. The molecule has 24 heavy (non-hydrogen) atoms. The molecule has 0 aliphatic carbocycles. The predicted molar refractivity (Wildman–Crippen MR) is 81.9 cm³/mol. The Bertz CT molecular complexity index is 813. The number of aromatic nitrogens is 6. The number of rotatable bonds is 6. The van der Waals surface area contributed by atoms with Crippen LogP contribution in [-0.4, -0.2) is 41.7 Å². The molecule has 3 aromatic rings. The topological polar surface area (TPSA) is 169 Å². The van der Waals surface area contributed by atoms with E-state index in [9.17, 15) is 9.59 Å². The lowest BCUT2D eigenvalue weighted by atomic mass is 10.1. The maximum absolute atomic E-state index is 11.9. The van der Waals surface area contributed by atoms with E-state index in [0.29, 0.717) is 11.6 Å². The molecule has 6 N–H and O–H groups in total. The Morgan fingerprint density at radius 2 is 1.38 bits per heavy atom. The molecule has 0 atom stereocenters. The van der Waals surface area contributed by atoms with Crippen LogP contribution in [0.5, 0.6) is 0 Å². The molecule has 3 rings (SSSR count). The van der Waals surface area contributed by atoms with Crippen LogP contribution in [0.25, 0.3) is 0 Å². The zero-order valence-corrected chi connectivity index (χ0v) is 12.5. The van der Waals surface area contributed by atoms with Gasteiger partial charge >= 0.3 is 0 Å². The monoisotopic (exact) mass is 326 g/mol. The first-order chi connectivity index (χ1) is 11.5. The summed E-state index contributed by atoms with van der Waals surface area (Å²) in [5.74, 6) is -0.559. The molecule has 3 aromatic heterocycles. The number of H-pyrrole nitrogens is 2. The molecule has 0 saturated carbocycles. The number of carbonyl (C=O) groups is 2. The van der Waals surface area contributed by atoms with Crippen molar-refractivity contribution in [2.24, 2.45) is 11.5 Å². The second-order valence-electron chi connectivity index (χ2n) is 4.97. The van der Waals surface area contributed by atoms with Crippen molar-refractivity contribution in [2.75, 3.05) is 0 Å². The molecule has 3 heterocycles. The summed E-state index contributed by atoms with van der Waals surface area (Å²) < 4.78 is 0.